The molecule has 0 unspecified atom stereocenters. The van der Waals surface area contributed by atoms with Gasteiger partial charge in [-0.3, -0.25) is 0 Å². The SMILES string of the molecule is Cc1cc(C)nc(SCc2cc(C(=O)O)ccc2F)n1. The number of benzene rings is 1. The van der Waals surface area contributed by atoms with Crippen molar-refractivity contribution in [2.24, 2.45) is 0 Å². The summed E-state index contributed by atoms with van der Waals surface area (Å²) in [7, 11) is 0. The molecular weight excluding hydrogens is 279 g/mol. The molecule has 1 N–H and O–H groups in total. The second kappa shape index (κ2) is 6.00. The number of hydrogen-bond acceptors (Lipinski definition) is 4. The maximum absolute atomic E-state index is 13.6. The third-order valence-corrected chi connectivity index (χ3v) is 3.51. The average molecular weight is 292 g/mol. The fraction of sp³-hybridized carbons (Fsp3) is 0.214. The van der Waals surface area contributed by atoms with Crippen molar-refractivity contribution in [3.63, 3.8) is 0 Å². The summed E-state index contributed by atoms with van der Waals surface area (Å²) >= 11 is 1.28. The molecule has 0 spiro atoms. The molecule has 0 amide bonds. The highest BCUT2D eigenvalue weighted by Crippen LogP contribution is 2.22. The fourth-order valence-electron chi connectivity index (χ4n) is 1.72. The van der Waals surface area contributed by atoms with E-state index in [1.54, 1.807) is 0 Å². The number of carboxylic acid groups (broad SMARTS) is 1. The molecule has 0 saturated carbocycles. The molecule has 2 aromatic rings. The molecule has 0 radical (unpaired) electrons. The first-order chi connectivity index (χ1) is 9.45. The van der Waals surface area contributed by atoms with Gasteiger partial charge in [0.15, 0.2) is 5.16 Å². The van der Waals surface area contributed by atoms with E-state index in [-0.39, 0.29) is 11.3 Å². The van der Waals surface area contributed by atoms with Crippen molar-refractivity contribution < 1.29 is 14.3 Å². The Morgan fingerprint density at radius 1 is 1.25 bits per heavy atom. The number of aromatic nitrogens is 2. The molecule has 1 heterocycles. The second-order valence-electron chi connectivity index (χ2n) is 4.33. The summed E-state index contributed by atoms with van der Waals surface area (Å²) < 4.78 is 13.6. The van der Waals surface area contributed by atoms with Gasteiger partial charge in [-0.15, -0.1) is 0 Å². The maximum Gasteiger partial charge on any atom is 0.335 e. The lowest BCUT2D eigenvalue weighted by atomic mass is 10.1. The molecule has 0 fully saturated rings. The van der Waals surface area contributed by atoms with Gasteiger partial charge < -0.3 is 5.11 Å². The van der Waals surface area contributed by atoms with Crippen LogP contribution in [0.25, 0.3) is 0 Å². The third-order valence-electron chi connectivity index (χ3n) is 2.61. The lowest BCUT2D eigenvalue weighted by Gasteiger charge is -2.05. The summed E-state index contributed by atoms with van der Waals surface area (Å²) in [5, 5.41) is 9.46. The second-order valence-corrected chi connectivity index (χ2v) is 5.28. The van der Waals surface area contributed by atoms with Crippen LogP contribution in [-0.4, -0.2) is 21.0 Å². The van der Waals surface area contributed by atoms with Gasteiger partial charge in [-0.2, -0.15) is 0 Å². The van der Waals surface area contributed by atoms with Crippen molar-refractivity contribution in [1.82, 2.24) is 9.97 Å². The number of thioether (sulfide) groups is 1. The van der Waals surface area contributed by atoms with Crippen LogP contribution >= 0.6 is 11.8 Å². The van der Waals surface area contributed by atoms with Crippen LogP contribution in [0.4, 0.5) is 4.39 Å². The van der Waals surface area contributed by atoms with Gasteiger partial charge in [0.05, 0.1) is 5.56 Å². The van der Waals surface area contributed by atoms with Gasteiger partial charge >= 0.3 is 5.97 Å². The highest BCUT2D eigenvalue weighted by Gasteiger charge is 2.10. The smallest absolute Gasteiger partial charge is 0.335 e. The molecular formula is C14H13FN2O2S. The minimum atomic E-state index is -1.07. The molecule has 6 heteroatoms. The first-order valence-corrected chi connectivity index (χ1v) is 6.91. The van der Waals surface area contributed by atoms with E-state index in [2.05, 4.69) is 9.97 Å². The Balaban J connectivity index is 2.18. The lowest BCUT2D eigenvalue weighted by Crippen LogP contribution is -1.99. The van der Waals surface area contributed by atoms with E-state index in [1.165, 1.54) is 30.0 Å². The van der Waals surface area contributed by atoms with E-state index in [9.17, 15) is 9.18 Å². The Kier molecular flexibility index (Phi) is 4.34. The maximum atomic E-state index is 13.6. The third kappa shape index (κ3) is 3.54. The number of nitrogens with zero attached hydrogens (tertiary/aromatic N) is 2. The quantitative estimate of drug-likeness (QED) is 0.692. The summed E-state index contributed by atoms with van der Waals surface area (Å²) in [5.41, 5.74) is 2.10. The van der Waals surface area contributed by atoms with E-state index in [4.69, 9.17) is 5.11 Å². The van der Waals surface area contributed by atoms with Crippen LogP contribution < -0.4 is 0 Å². The number of carboxylic acids is 1. The normalized spacial score (nSPS) is 10.6. The Labute approximate surface area is 120 Å². The molecule has 0 saturated heterocycles. The van der Waals surface area contributed by atoms with E-state index < -0.39 is 11.8 Å². The Morgan fingerprint density at radius 2 is 1.90 bits per heavy atom. The molecule has 1 aromatic heterocycles. The first kappa shape index (κ1) is 14.5. The summed E-state index contributed by atoms with van der Waals surface area (Å²) in [6.45, 7) is 3.73. The first-order valence-electron chi connectivity index (χ1n) is 5.92. The zero-order valence-electron chi connectivity index (χ0n) is 11.1. The molecule has 4 nitrogen and oxygen atoms in total. The van der Waals surface area contributed by atoms with Gasteiger partial charge in [0.25, 0.3) is 0 Å². The number of hydrogen-bond donors (Lipinski definition) is 1. The van der Waals surface area contributed by atoms with Crippen molar-refractivity contribution in [1.29, 1.82) is 0 Å². The van der Waals surface area contributed by atoms with Gasteiger partial charge in [-0.25, -0.2) is 19.2 Å². The topological polar surface area (TPSA) is 63.1 Å². The molecule has 104 valence electrons. The molecule has 1 aromatic carbocycles. The highest BCUT2D eigenvalue weighted by atomic mass is 32.2. The van der Waals surface area contributed by atoms with Crippen LogP contribution in [0.3, 0.4) is 0 Å². The zero-order chi connectivity index (χ0) is 14.7. The number of aryl methyl sites for hydroxylation is 2. The van der Waals surface area contributed by atoms with Crippen LogP contribution in [0.2, 0.25) is 0 Å². The van der Waals surface area contributed by atoms with Crippen LogP contribution in [0, 0.1) is 19.7 Å². The largest absolute Gasteiger partial charge is 0.478 e. The van der Waals surface area contributed by atoms with Gasteiger partial charge in [-0.05, 0) is 43.7 Å². The number of aromatic carboxylic acids is 1. The predicted molar refractivity (Wildman–Crippen MR) is 74.4 cm³/mol. The standard InChI is InChI=1S/C14H13FN2O2S/c1-8-5-9(2)17-14(16-8)20-7-11-6-10(13(18)19)3-4-12(11)15/h3-6H,7H2,1-2H3,(H,18,19). The molecule has 0 aliphatic heterocycles. The number of rotatable bonds is 4. The fourth-order valence-corrected chi connectivity index (χ4v) is 2.64. The van der Waals surface area contributed by atoms with Gasteiger partial charge in [0.2, 0.25) is 0 Å². The Bertz CT molecular complexity index is 641. The lowest BCUT2D eigenvalue weighted by molar-refractivity contribution is 0.0696. The molecule has 0 bridgehead atoms. The van der Waals surface area contributed by atoms with E-state index in [0.29, 0.717) is 10.7 Å². The molecule has 0 aliphatic carbocycles. The molecule has 0 aliphatic rings. The molecule has 20 heavy (non-hydrogen) atoms. The minimum absolute atomic E-state index is 0.0725. The number of carbonyl (C=O) groups is 1. The summed E-state index contributed by atoms with van der Waals surface area (Å²) in [4.78, 5) is 19.4. The van der Waals surface area contributed by atoms with E-state index >= 15 is 0 Å². The van der Waals surface area contributed by atoms with Crippen molar-refractivity contribution in [2.45, 2.75) is 24.8 Å². The summed E-state index contributed by atoms with van der Waals surface area (Å²) in [6.07, 6.45) is 0. The highest BCUT2D eigenvalue weighted by molar-refractivity contribution is 7.98. The van der Waals surface area contributed by atoms with Crippen molar-refractivity contribution in [2.75, 3.05) is 0 Å². The monoisotopic (exact) mass is 292 g/mol. The number of halogens is 1. The van der Waals surface area contributed by atoms with Crippen LogP contribution in [0.1, 0.15) is 27.3 Å². The van der Waals surface area contributed by atoms with Gasteiger partial charge in [-0.1, -0.05) is 11.8 Å². The van der Waals surface area contributed by atoms with Crippen LogP contribution in [-0.2, 0) is 5.75 Å². The van der Waals surface area contributed by atoms with Crippen molar-refractivity contribution in [3.8, 4) is 0 Å². The van der Waals surface area contributed by atoms with Gasteiger partial charge in [0, 0.05) is 17.1 Å². The molecule has 0 atom stereocenters. The van der Waals surface area contributed by atoms with E-state index in [1.807, 2.05) is 19.9 Å². The van der Waals surface area contributed by atoms with Crippen molar-refractivity contribution in [3.05, 3.63) is 52.6 Å². The van der Waals surface area contributed by atoms with Gasteiger partial charge in [0.1, 0.15) is 5.82 Å². The Hall–Kier alpha value is -1.95. The van der Waals surface area contributed by atoms with E-state index in [0.717, 1.165) is 11.4 Å². The summed E-state index contributed by atoms with van der Waals surface area (Å²) in [6, 6.07) is 5.61. The van der Waals surface area contributed by atoms with Crippen molar-refractivity contribution >= 4 is 17.7 Å². The minimum Gasteiger partial charge on any atom is -0.478 e. The average Bonchev–Trinajstić information content (AvgIpc) is 2.36. The predicted octanol–water partition coefficient (Wildman–Crippen LogP) is 3.22. The Morgan fingerprint density at radius 3 is 2.50 bits per heavy atom. The zero-order valence-corrected chi connectivity index (χ0v) is 11.9. The van der Waals surface area contributed by atoms with Crippen LogP contribution in [0.15, 0.2) is 29.4 Å². The summed E-state index contributed by atoms with van der Waals surface area (Å²) in [5.74, 6) is -1.21. The molecule has 2 rings (SSSR count). The van der Waals surface area contributed by atoms with Crippen LogP contribution in [0.5, 0.6) is 0 Å².